The topological polar surface area (TPSA) is 105 Å². The molecule has 112 valence electrons. The van der Waals surface area contributed by atoms with Gasteiger partial charge < -0.3 is 10.5 Å². The minimum absolute atomic E-state index is 0.154. The van der Waals surface area contributed by atoms with Gasteiger partial charge >= 0.3 is 5.97 Å². The number of hydrogen-bond acceptors (Lipinski definition) is 8. The fourth-order valence-electron chi connectivity index (χ4n) is 1.45. The van der Waals surface area contributed by atoms with Crippen LogP contribution in [0.1, 0.15) is 12.0 Å². The highest BCUT2D eigenvalue weighted by Gasteiger charge is 2.13. The molecule has 0 bridgehead atoms. The maximum atomic E-state index is 11.5. The van der Waals surface area contributed by atoms with Crippen molar-refractivity contribution in [2.45, 2.75) is 18.9 Å². The zero-order valence-electron chi connectivity index (χ0n) is 10.8. The number of hydrogen-bond donors (Lipinski definition) is 4. The molecule has 4 N–H and O–H groups in total. The van der Waals surface area contributed by atoms with Crippen LogP contribution in [0.2, 0.25) is 0 Å². The lowest BCUT2D eigenvalue weighted by Gasteiger charge is -2.10. The van der Waals surface area contributed by atoms with Crippen LogP contribution in [0.3, 0.4) is 0 Å². The number of carbonyl (C=O) groups excluding carboxylic acids is 1. The summed E-state index contributed by atoms with van der Waals surface area (Å²) in [4.78, 5) is 16.0. The Morgan fingerprint density at radius 3 is 2.85 bits per heavy atom. The number of nitrogens with zero attached hydrogens (tertiary/aromatic N) is 1. The molecule has 0 saturated heterocycles. The van der Waals surface area contributed by atoms with E-state index in [0.717, 1.165) is 5.56 Å². The summed E-state index contributed by atoms with van der Waals surface area (Å²) in [7, 11) is 0. The molecule has 0 fully saturated rings. The zero-order valence-corrected chi connectivity index (χ0v) is 11.7. The first-order valence-electron chi connectivity index (χ1n) is 6.01. The van der Waals surface area contributed by atoms with Crippen molar-refractivity contribution >= 4 is 18.6 Å². The zero-order chi connectivity index (χ0) is 15.0. The summed E-state index contributed by atoms with van der Waals surface area (Å²) >= 11 is 3.93. The summed E-state index contributed by atoms with van der Waals surface area (Å²) in [6.07, 6.45) is 1.21. The number of carbonyl (C=O) groups is 1. The van der Waals surface area contributed by atoms with Crippen LogP contribution < -0.4 is 10.5 Å². The second-order valence-electron chi connectivity index (χ2n) is 4.05. The number of aryl methyl sites for hydroxylation is 1. The third-order valence-corrected chi connectivity index (χ3v) is 2.83. The van der Waals surface area contributed by atoms with Gasteiger partial charge in [0.05, 0.1) is 12.0 Å². The highest BCUT2D eigenvalue weighted by molar-refractivity contribution is 7.80. The summed E-state index contributed by atoms with van der Waals surface area (Å²) < 4.78 is 5.12. The lowest BCUT2D eigenvalue weighted by Crippen LogP contribution is -2.35. The molecule has 1 unspecified atom stereocenters. The largest absolute Gasteiger partial charge is 0.425 e. The molecular weight excluding hydrogens is 284 g/mol. The van der Waals surface area contributed by atoms with E-state index in [1.807, 2.05) is 6.07 Å². The van der Waals surface area contributed by atoms with Crippen LogP contribution in [0, 0.1) is 0 Å². The molecule has 0 spiro atoms. The fraction of sp³-hybridized carbons (Fsp3) is 0.417. The van der Waals surface area contributed by atoms with Crippen LogP contribution in [0.5, 0.6) is 5.75 Å². The van der Waals surface area contributed by atoms with Crippen LogP contribution in [0.25, 0.3) is 0 Å². The third kappa shape index (κ3) is 6.33. The Kier molecular flexibility index (Phi) is 7.52. The smallest absolute Gasteiger partial charge is 0.329 e. The van der Waals surface area contributed by atoms with Gasteiger partial charge in [-0.05, 0) is 30.5 Å². The van der Waals surface area contributed by atoms with E-state index in [4.69, 9.17) is 20.9 Å². The number of ether oxygens (including phenoxy) is 1. The summed E-state index contributed by atoms with van der Waals surface area (Å²) in [5.74, 6) is 0.0996. The number of nitrogens with two attached hydrogens (primary N) is 1. The van der Waals surface area contributed by atoms with Gasteiger partial charge in [0.15, 0.2) is 0 Å². The first-order chi connectivity index (χ1) is 9.52. The Balaban J connectivity index is 2.47. The van der Waals surface area contributed by atoms with Gasteiger partial charge in [0.25, 0.3) is 0 Å². The van der Waals surface area contributed by atoms with Gasteiger partial charge in [-0.15, -0.1) is 0 Å². The van der Waals surface area contributed by atoms with E-state index in [2.05, 4.69) is 17.5 Å². The Hall–Kier alpha value is -1.16. The van der Waals surface area contributed by atoms with Crippen molar-refractivity contribution in [1.82, 2.24) is 5.39 Å². The van der Waals surface area contributed by atoms with E-state index in [1.54, 1.807) is 18.2 Å². The average molecular weight is 302 g/mol. The van der Waals surface area contributed by atoms with Crippen molar-refractivity contribution in [3.05, 3.63) is 29.8 Å². The normalized spacial score (nSPS) is 12.4. The Labute approximate surface area is 122 Å². The Morgan fingerprint density at radius 1 is 1.45 bits per heavy atom. The van der Waals surface area contributed by atoms with E-state index in [9.17, 15) is 4.79 Å². The number of rotatable bonds is 8. The quantitative estimate of drug-likeness (QED) is 0.185. The molecule has 1 atom stereocenters. The maximum Gasteiger partial charge on any atom is 0.329 e. The number of esters is 1. The highest BCUT2D eigenvalue weighted by atomic mass is 32.1. The van der Waals surface area contributed by atoms with Gasteiger partial charge in [0.1, 0.15) is 11.8 Å². The molecule has 8 heteroatoms. The Bertz CT molecular complexity index is 430. The van der Waals surface area contributed by atoms with Crippen LogP contribution in [0.4, 0.5) is 0 Å². The predicted octanol–water partition coefficient (Wildman–Crippen LogP) is 0.794. The minimum atomic E-state index is -0.754. The first-order valence-corrected chi connectivity index (χ1v) is 6.64. The van der Waals surface area contributed by atoms with Gasteiger partial charge in [0, 0.05) is 5.75 Å². The molecule has 1 aromatic rings. The van der Waals surface area contributed by atoms with Crippen LogP contribution >= 0.6 is 12.6 Å². The van der Waals surface area contributed by atoms with Gasteiger partial charge in [-0.3, -0.25) is 15.3 Å². The number of benzene rings is 1. The van der Waals surface area contributed by atoms with E-state index >= 15 is 0 Å². The molecule has 0 aliphatic carbocycles. The van der Waals surface area contributed by atoms with Crippen molar-refractivity contribution < 1.29 is 24.8 Å². The molecule has 1 rings (SSSR count). The highest BCUT2D eigenvalue weighted by Crippen LogP contribution is 2.15. The van der Waals surface area contributed by atoms with Gasteiger partial charge in [-0.25, -0.2) is 4.79 Å². The molecule has 0 aliphatic rings. The monoisotopic (exact) mass is 302 g/mol. The molecule has 0 heterocycles. The van der Waals surface area contributed by atoms with Crippen molar-refractivity contribution in [2.75, 3.05) is 12.4 Å². The molecule has 0 aromatic heterocycles. The van der Waals surface area contributed by atoms with Crippen LogP contribution in [0.15, 0.2) is 24.3 Å². The van der Waals surface area contributed by atoms with E-state index < -0.39 is 12.0 Å². The van der Waals surface area contributed by atoms with E-state index in [1.165, 1.54) is 0 Å². The van der Waals surface area contributed by atoms with Crippen molar-refractivity contribution in [1.29, 1.82) is 0 Å². The third-order valence-electron chi connectivity index (χ3n) is 2.43. The summed E-state index contributed by atoms with van der Waals surface area (Å²) in [5, 5.41) is 16.4. The lowest BCUT2D eigenvalue weighted by atomic mass is 10.1. The average Bonchev–Trinajstić information content (AvgIpc) is 2.43. The van der Waals surface area contributed by atoms with E-state index in [-0.39, 0.29) is 17.7 Å². The van der Waals surface area contributed by atoms with Crippen molar-refractivity contribution in [2.24, 2.45) is 5.73 Å². The van der Waals surface area contributed by atoms with Crippen LogP contribution in [-0.4, -0.2) is 40.2 Å². The predicted molar refractivity (Wildman–Crippen MR) is 73.6 cm³/mol. The molecule has 0 saturated carbocycles. The summed E-state index contributed by atoms with van der Waals surface area (Å²) in [6.45, 7) is 0.154. The van der Waals surface area contributed by atoms with Crippen LogP contribution in [-0.2, 0) is 16.1 Å². The summed E-state index contributed by atoms with van der Waals surface area (Å²) in [5.41, 5.74) is 6.44. The minimum Gasteiger partial charge on any atom is -0.425 e. The molecule has 7 nitrogen and oxygen atoms in total. The molecule has 20 heavy (non-hydrogen) atoms. The second-order valence-corrected chi connectivity index (χ2v) is 4.41. The molecule has 1 aromatic carbocycles. The number of thiol groups is 1. The Morgan fingerprint density at radius 2 is 2.20 bits per heavy atom. The fourth-order valence-corrected chi connectivity index (χ4v) is 1.60. The van der Waals surface area contributed by atoms with Gasteiger partial charge in [-0.1, -0.05) is 12.1 Å². The lowest BCUT2D eigenvalue weighted by molar-refractivity contribution is -0.492. The molecular formula is C12H18N2O5S. The van der Waals surface area contributed by atoms with Crippen molar-refractivity contribution in [3.8, 4) is 5.75 Å². The molecule has 0 radical (unpaired) electrons. The van der Waals surface area contributed by atoms with E-state index in [0.29, 0.717) is 18.6 Å². The van der Waals surface area contributed by atoms with Gasteiger partial charge in [-0.2, -0.15) is 12.6 Å². The van der Waals surface area contributed by atoms with Crippen molar-refractivity contribution in [3.63, 3.8) is 0 Å². The first kappa shape index (κ1) is 16.9. The standard InChI is InChI=1S/C12H18N2O5S/c13-11(8-20)12(15)19-10-5-1-3-9(7-10)4-2-6-18-14(16)17/h1,3,5,7,11,16-17,20H,2,4,6,8,13H2. The maximum absolute atomic E-state index is 11.5. The SMILES string of the molecule is NC(CS)C(=O)Oc1cccc(CCCON(O)O)c1. The second kappa shape index (κ2) is 8.90. The summed E-state index contributed by atoms with van der Waals surface area (Å²) in [6, 6.07) is 6.25. The molecule has 0 aliphatic heterocycles. The van der Waals surface area contributed by atoms with Gasteiger partial charge in [0.2, 0.25) is 0 Å². The molecule has 0 amide bonds.